The molecule has 1 aliphatic rings. The largest absolute Gasteiger partial charge is 0.376 e. The molecule has 1 unspecified atom stereocenters. The number of ether oxygens (including phenoxy) is 1. The Balaban J connectivity index is 1.78. The molecule has 0 spiro atoms. The smallest absolute Gasteiger partial charge is 0.191 e. The molecule has 1 aliphatic heterocycles. The molecule has 2 N–H and O–H groups in total. The number of hydrogen-bond donors (Lipinski definition) is 2. The second-order valence-electron chi connectivity index (χ2n) is 7.63. The summed E-state index contributed by atoms with van der Waals surface area (Å²) in [6.45, 7) is 12.3. The monoisotopic (exact) mass is 360 g/mol. The van der Waals surface area contributed by atoms with Crippen molar-refractivity contribution in [2.24, 2.45) is 10.9 Å². The van der Waals surface area contributed by atoms with Gasteiger partial charge in [0.05, 0.1) is 12.7 Å². The minimum atomic E-state index is 0.332. The number of benzene rings is 1. The molecule has 1 aromatic rings. The number of guanidine groups is 1. The number of morpholine rings is 1. The molecule has 5 nitrogen and oxygen atoms in total. The van der Waals surface area contributed by atoms with Gasteiger partial charge in [-0.15, -0.1) is 0 Å². The highest BCUT2D eigenvalue weighted by molar-refractivity contribution is 5.79. The van der Waals surface area contributed by atoms with Crippen LogP contribution in [0.1, 0.15) is 44.7 Å². The van der Waals surface area contributed by atoms with Crippen LogP contribution < -0.4 is 10.6 Å². The highest BCUT2D eigenvalue weighted by Crippen LogP contribution is 2.12. The van der Waals surface area contributed by atoms with Crippen LogP contribution in [0.5, 0.6) is 0 Å². The molecule has 1 atom stereocenters. The van der Waals surface area contributed by atoms with Crippen LogP contribution in [0.15, 0.2) is 29.3 Å². The first-order valence-corrected chi connectivity index (χ1v) is 9.93. The molecule has 0 radical (unpaired) electrons. The van der Waals surface area contributed by atoms with E-state index in [4.69, 9.17) is 4.74 Å². The minimum absolute atomic E-state index is 0.332. The van der Waals surface area contributed by atoms with E-state index >= 15 is 0 Å². The molecule has 0 amide bonds. The first-order chi connectivity index (χ1) is 12.6. The third kappa shape index (κ3) is 7.75. The van der Waals surface area contributed by atoms with Crippen molar-refractivity contribution in [1.29, 1.82) is 0 Å². The number of nitrogens with zero attached hydrogens (tertiary/aromatic N) is 2. The van der Waals surface area contributed by atoms with Crippen LogP contribution in [-0.2, 0) is 17.8 Å². The Morgan fingerprint density at radius 2 is 2.12 bits per heavy atom. The molecule has 0 aliphatic carbocycles. The van der Waals surface area contributed by atoms with Gasteiger partial charge in [0.1, 0.15) is 0 Å². The second kappa shape index (κ2) is 11.2. The zero-order chi connectivity index (χ0) is 18.8. The van der Waals surface area contributed by atoms with E-state index in [2.05, 4.69) is 65.6 Å². The van der Waals surface area contributed by atoms with E-state index in [0.29, 0.717) is 6.10 Å². The fourth-order valence-corrected chi connectivity index (χ4v) is 3.25. The quantitative estimate of drug-likeness (QED) is 0.425. The zero-order valence-corrected chi connectivity index (χ0v) is 16.9. The van der Waals surface area contributed by atoms with Crippen molar-refractivity contribution in [3.8, 4) is 0 Å². The Labute approximate surface area is 159 Å². The van der Waals surface area contributed by atoms with Gasteiger partial charge in [-0.1, -0.05) is 38.1 Å². The molecule has 26 heavy (non-hydrogen) atoms. The van der Waals surface area contributed by atoms with Gasteiger partial charge in [-0.2, -0.15) is 0 Å². The van der Waals surface area contributed by atoms with Crippen LogP contribution in [-0.4, -0.2) is 50.3 Å². The Kier molecular flexibility index (Phi) is 8.92. The zero-order valence-electron chi connectivity index (χ0n) is 16.9. The Bertz CT molecular complexity index is 559. The molecular formula is C21H36N4O. The summed E-state index contributed by atoms with van der Waals surface area (Å²) in [5, 5.41) is 6.81. The molecule has 1 heterocycles. The fourth-order valence-electron chi connectivity index (χ4n) is 3.25. The van der Waals surface area contributed by atoms with Gasteiger partial charge in [0.2, 0.25) is 0 Å². The first kappa shape index (κ1) is 20.7. The lowest BCUT2D eigenvalue weighted by Gasteiger charge is -2.31. The van der Waals surface area contributed by atoms with Crippen molar-refractivity contribution in [3.05, 3.63) is 35.4 Å². The molecule has 0 saturated carbocycles. The normalized spacial score (nSPS) is 19.0. The summed E-state index contributed by atoms with van der Waals surface area (Å²) < 4.78 is 5.63. The molecule has 2 rings (SSSR count). The van der Waals surface area contributed by atoms with Gasteiger partial charge in [-0.05, 0) is 36.8 Å². The van der Waals surface area contributed by atoms with Gasteiger partial charge in [-0.25, -0.2) is 0 Å². The highest BCUT2D eigenvalue weighted by Gasteiger charge is 2.16. The lowest BCUT2D eigenvalue weighted by Crippen LogP contribution is -2.40. The van der Waals surface area contributed by atoms with Crippen LogP contribution in [0.25, 0.3) is 0 Å². The minimum Gasteiger partial charge on any atom is -0.376 e. The molecule has 1 aromatic carbocycles. The van der Waals surface area contributed by atoms with Crippen molar-refractivity contribution >= 4 is 5.96 Å². The molecule has 0 aromatic heterocycles. The van der Waals surface area contributed by atoms with Gasteiger partial charge >= 0.3 is 0 Å². The number of hydrogen-bond acceptors (Lipinski definition) is 3. The lowest BCUT2D eigenvalue weighted by molar-refractivity contribution is -0.0212. The van der Waals surface area contributed by atoms with E-state index in [-0.39, 0.29) is 0 Å². The van der Waals surface area contributed by atoms with Gasteiger partial charge in [0.25, 0.3) is 0 Å². The maximum absolute atomic E-state index is 5.63. The lowest BCUT2D eigenvalue weighted by atomic mass is 10.1. The molecule has 1 fully saturated rings. The Hall–Kier alpha value is -1.59. The number of rotatable bonds is 8. The third-order valence-corrected chi connectivity index (χ3v) is 4.66. The van der Waals surface area contributed by atoms with E-state index in [1.807, 2.05) is 7.05 Å². The van der Waals surface area contributed by atoms with Crippen LogP contribution in [0.3, 0.4) is 0 Å². The van der Waals surface area contributed by atoms with Crippen molar-refractivity contribution in [2.45, 2.75) is 52.8 Å². The maximum atomic E-state index is 5.63. The first-order valence-electron chi connectivity index (χ1n) is 9.93. The molecular weight excluding hydrogens is 324 g/mol. The Morgan fingerprint density at radius 1 is 1.31 bits per heavy atom. The van der Waals surface area contributed by atoms with Crippen LogP contribution in [0.2, 0.25) is 0 Å². The van der Waals surface area contributed by atoms with E-state index in [0.717, 1.165) is 51.2 Å². The highest BCUT2D eigenvalue weighted by atomic mass is 16.5. The maximum Gasteiger partial charge on any atom is 0.191 e. The van der Waals surface area contributed by atoms with Gasteiger partial charge in [0.15, 0.2) is 5.96 Å². The summed E-state index contributed by atoms with van der Waals surface area (Å²) in [5.41, 5.74) is 2.65. The van der Waals surface area contributed by atoms with E-state index in [9.17, 15) is 0 Å². The average Bonchev–Trinajstić information content (AvgIpc) is 2.61. The fraction of sp³-hybridized carbons (Fsp3) is 0.667. The van der Waals surface area contributed by atoms with Gasteiger partial charge < -0.3 is 15.4 Å². The van der Waals surface area contributed by atoms with Gasteiger partial charge in [0, 0.05) is 39.8 Å². The summed E-state index contributed by atoms with van der Waals surface area (Å²) >= 11 is 0. The van der Waals surface area contributed by atoms with Crippen molar-refractivity contribution < 1.29 is 4.74 Å². The van der Waals surface area contributed by atoms with E-state index in [1.165, 1.54) is 24.0 Å². The average molecular weight is 361 g/mol. The van der Waals surface area contributed by atoms with Crippen LogP contribution in [0.4, 0.5) is 0 Å². The summed E-state index contributed by atoms with van der Waals surface area (Å²) in [5.74, 6) is 1.63. The summed E-state index contributed by atoms with van der Waals surface area (Å²) in [6, 6.07) is 8.82. The topological polar surface area (TPSA) is 48.9 Å². The van der Waals surface area contributed by atoms with Gasteiger partial charge in [-0.3, -0.25) is 9.89 Å². The van der Waals surface area contributed by atoms with Crippen molar-refractivity contribution in [2.75, 3.05) is 33.3 Å². The van der Waals surface area contributed by atoms with E-state index in [1.54, 1.807) is 0 Å². The number of aliphatic imine (C=N–C) groups is 1. The third-order valence-electron chi connectivity index (χ3n) is 4.66. The summed E-state index contributed by atoms with van der Waals surface area (Å²) in [6.07, 6.45) is 2.75. The van der Waals surface area contributed by atoms with Crippen LogP contribution in [0, 0.1) is 5.92 Å². The standard InChI is InChI=1S/C21H36N4O/c1-17(2)7-6-10-23-21(22-4)24-14-19-8-5-9-20(13-19)16-25-11-12-26-18(3)15-25/h5,8-9,13,17-18H,6-7,10-12,14-16H2,1-4H3,(H2,22,23,24). The predicted molar refractivity (Wildman–Crippen MR) is 109 cm³/mol. The molecule has 146 valence electrons. The molecule has 1 saturated heterocycles. The van der Waals surface area contributed by atoms with Crippen molar-refractivity contribution in [3.63, 3.8) is 0 Å². The van der Waals surface area contributed by atoms with Crippen LogP contribution >= 0.6 is 0 Å². The predicted octanol–water partition coefficient (Wildman–Crippen LogP) is 3.01. The Morgan fingerprint density at radius 3 is 2.85 bits per heavy atom. The SMILES string of the molecule is CN=C(NCCCC(C)C)NCc1cccc(CN2CCOC(C)C2)c1. The molecule has 0 bridgehead atoms. The van der Waals surface area contributed by atoms with E-state index < -0.39 is 0 Å². The number of nitrogens with one attached hydrogen (secondary N) is 2. The summed E-state index contributed by atoms with van der Waals surface area (Å²) in [7, 11) is 1.83. The second-order valence-corrected chi connectivity index (χ2v) is 7.63. The summed E-state index contributed by atoms with van der Waals surface area (Å²) in [4.78, 5) is 6.78. The molecule has 5 heteroatoms. The van der Waals surface area contributed by atoms with Crippen molar-refractivity contribution in [1.82, 2.24) is 15.5 Å².